The zero-order chi connectivity index (χ0) is 20.3. The Balaban J connectivity index is 0.000000206. The number of para-hydroxylation sites is 3. The average molecular weight is 389 g/mol. The predicted octanol–water partition coefficient (Wildman–Crippen LogP) is 4.59. The standard InChI is InChI=1S/2C7H8O.C6H8NO3P/c2*1-6-4-2-3-5-7(6)8;8-11(9,10)7-6-4-2-1-3-5-6/h2*2-5,8H,1H3;1-5H,(H3,7,8,9,10). The number of hydrogen-bond donors (Lipinski definition) is 5. The fourth-order valence-corrected chi connectivity index (χ4v) is 2.29. The molecule has 6 nitrogen and oxygen atoms in total. The van der Waals surface area contributed by atoms with Crippen molar-refractivity contribution in [1.82, 2.24) is 0 Å². The molecule has 0 saturated heterocycles. The van der Waals surface area contributed by atoms with Crippen LogP contribution in [0.5, 0.6) is 11.5 Å². The molecule has 0 unspecified atom stereocenters. The Morgan fingerprint density at radius 1 is 0.667 bits per heavy atom. The normalized spacial score (nSPS) is 9.93. The van der Waals surface area contributed by atoms with Gasteiger partial charge in [0.1, 0.15) is 11.5 Å². The van der Waals surface area contributed by atoms with Crippen molar-refractivity contribution in [2.24, 2.45) is 0 Å². The van der Waals surface area contributed by atoms with Gasteiger partial charge in [0.25, 0.3) is 0 Å². The van der Waals surface area contributed by atoms with Gasteiger partial charge in [-0.25, -0.2) is 4.57 Å². The molecule has 0 amide bonds. The average Bonchev–Trinajstić information content (AvgIpc) is 2.61. The number of phenols is 2. The number of benzene rings is 3. The number of nitrogens with one attached hydrogen (secondary N) is 1. The van der Waals surface area contributed by atoms with Crippen molar-refractivity contribution in [2.75, 3.05) is 5.09 Å². The summed E-state index contributed by atoms with van der Waals surface area (Å²) in [6, 6.07) is 22.8. The molecule has 27 heavy (non-hydrogen) atoms. The molecule has 0 aliphatic rings. The Hall–Kier alpha value is -2.79. The van der Waals surface area contributed by atoms with Crippen LogP contribution in [0.4, 0.5) is 5.69 Å². The maximum absolute atomic E-state index is 10.4. The lowest BCUT2D eigenvalue weighted by Gasteiger charge is -2.05. The van der Waals surface area contributed by atoms with Gasteiger partial charge in [0.2, 0.25) is 0 Å². The summed E-state index contributed by atoms with van der Waals surface area (Å²) >= 11 is 0. The summed E-state index contributed by atoms with van der Waals surface area (Å²) in [6.45, 7) is 3.74. The quantitative estimate of drug-likeness (QED) is 0.410. The third-order valence-electron chi connectivity index (χ3n) is 3.28. The molecule has 0 saturated carbocycles. The van der Waals surface area contributed by atoms with E-state index in [0.717, 1.165) is 11.1 Å². The Bertz CT molecular complexity index is 780. The highest BCUT2D eigenvalue weighted by Crippen LogP contribution is 2.34. The van der Waals surface area contributed by atoms with Gasteiger partial charge in [-0.3, -0.25) is 5.09 Å². The summed E-state index contributed by atoms with van der Waals surface area (Å²) in [5.74, 6) is 0.736. The molecule has 144 valence electrons. The lowest BCUT2D eigenvalue weighted by molar-refractivity contribution is 0.380. The summed E-state index contributed by atoms with van der Waals surface area (Å²) in [5.41, 5.74) is 2.26. The van der Waals surface area contributed by atoms with Gasteiger partial charge >= 0.3 is 7.75 Å². The van der Waals surface area contributed by atoms with Crippen LogP contribution < -0.4 is 5.09 Å². The van der Waals surface area contributed by atoms with Gasteiger partial charge in [0.15, 0.2) is 0 Å². The number of aromatic hydroxyl groups is 2. The summed E-state index contributed by atoms with van der Waals surface area (Å²) in [6.07, 6.45) is 0. The number of hydrogen-bond acceptors (Lipinski definition) is 3. The van der Waals surface area contributed by atoms with E-state index in [2.05, 4.69) is 0 Å². The third kappa shape index (κ3) is 10.1. The minimum atomic E-state index is -4.14. The Morgan fingerprint density at radius 3 is 1.33 bits per heavy atom. The van der Waals surface area contributed by atoms with E-state index in [1.54, 1.807) is 42.5 Å². The first-order valence-corrected chi connectivity index (χ1v) is 9.68. The second kappa shape index (κ2) is 11.0. The van der Waals surface area contributed by atoms with Gasteiger partial charge in [0.05, 0.1) is 0 Å². The van der Waals surface area contributed by atoms with Crippen molar-refractivity contribution in [2.45, 2.75) is 13.8 Å². The molecule has 0 aliphatic carbocycles. The van der Waals surface area contributed by atoms with Crippen molar-refractivity contribution in [3.63, 3.8) is 0 Å². The van der Waals surface area contributed by atoms with Gasteiger partial charge < -0.3 is 20.0 Å². The summed E-state index contributed by atoms with van der Waals surface area (Å²) in [7, 11) is -4.14. The molecule has 3 rings (SSSR count). The minimum absolute atomic E-state index is 0.368. The van der Waals surface area contributed by atoms with Crippen LogP contribution in [-0.4, -0.2) is 20.0 Å². The smallest absolute Gasteiger partial charge is 0.427 e. The van der Waals surface area contributed by atoms with Crippen LogP contribution in [0.25, 0.3) is 0 Å². The van der Waals surface area contributed by atoms with Crippen molar-refractivity contribution < 1.29 is 24.6 Å². The fourth-order valence-electron chi connectivity index (χ4n) is 1.81. The SMILES string of the molecule is Cc1ccccc1O.Cc1ccccc1O.O=P(O)(O)Nc1ccccc1. The zero-order valence-corrected chi connectivity index (χ0v) is 16.0. The Morgan fingerprint density at radius 2 is 1.04 bits per heavy atom. The van der Waals surface area contributed by atoms with Crippen LogP contribution in [0.15, 0.2) is 78.9 Å². The molecule has 3 aromatic rings. The van der Waals surface area contributed by atoms with Crippen LogP contribution >= 0.6 is 7.75 Å². The zero-order valence-electron chi connectivity index (χ0n) is 15.1. The summed E-state index contributed by atoms with van der Waals surface area (Å²) in [4.78, 5) is 16.9. The Labute approximate surface area is 159 Å². The largest absolute Gasteiger partial charge is 0.508 e. The predicted molar refractivity (Wildman–Crippen MR) is 108 cm³/mol. The second-order valence-electron chi connectivity index (χ2n) is 5.59. The highest BCUT2D eigenvalue weighted by molar-refractivity contribution is 7.53. The van der Waals surface area contributed by atoms with Crippen LogP contribution in [-0.2, 0) is 4.57 Å². The number of phenolic OH excluding ortho intramolecular Hbond substituents is 2. The van der Waals surface area contributed by atoms with E-state index in [4.69, 9.17) is 20.0 Å². The molecular weight excluding hydrogens is 365 g/mol. The van der Waals surface area contributed by atoms with E-state index in [-0.39, 0.29) is 0 Å². The second-order valence-corrected chi connectivity index (χ2v) is 6.91. The number of aryl methyl sites for hydroxylation is 2. The molecule has 3 aromatic carbocycles. The maximum Gasteiger partial charge on any atom is 0.427 e. The molecule has 0 atom stereocenters. The first-order valence-electron chi connectivity index (χ1n) is 8.07. The van der Waals surface area contributed by atoms with Crippen LogP contribution in [0, 0.1) is 13.8 Å². The van der Waals surface area contributed by atoms with Crippen molar-refractivity contribution in [1.29, 1.82) is 0 Å². The molecule has 7 heteroatoms. The summed E-state index contributed by atoms with van der Waals surface area (Å²) < 4.78 is 10.4. The van der Waals surface area contributed by atoms with Crippen molar-refractivity contribution in [3.8, 4) is 11.5 Å². The highest BCUT2D eigenvalue weighted by atomic mass is 31.2. The Kier molecular flexibility index (Phi) is 9.09. The molecule has 0 fully saturated rings. The fraction of sp³-hybridized carbons (Fsp3) is 0.100. The first-order chi connectivity index (χ1) is 12.7. The van der Waals surface area contributed by atoms with E-state index < -0.39 is 7.75 Å². The van der Waals surface area contributed by atoms with Crippen LogP contribution in [0.3, 0.4) is 0 Å². The van der Waals surface area contributed by atoms with Crippen molar-refractivity contribution in [3.05, 3.63) is 90.0 Å². The van der Waals surface area contributed by atoms with Gasteiger partial charge in [-0.1, -0.05) is 54.6 Å². The topological polar surface area (TPSA) is 110 Å². The number of rotatable bonds is 2. The van der Waals surface area contributed by atoms with Crippen LogP contribution in [0.1, 0.15) is 11.1 Å². The molecule has 0 bridgehead atoms. The third-order valence-corrected chi connectivity index (χ3v) is 3.83. The van der Waals surface area contributed by atoms with E-state index in [1.807, 2.05) is 55.3 Å². The molecular formula is C20H24NO5P. The van der Waals surface area contributed by atoms with E-state index in [9.17, 15) is 4.57 Å². The van der Waals surface area contributed by atoms with Crippen LogP contribution in [0.2, 0.25) is 0 Å². The monoisotopic (exact) mass is 389 g/mol. The molecule has 0 aliphatic heterocycles. The molecule has 0 heterocycles. The molecule has 0 spiro atoms. The molecule has 5 N–H and O–H groups in total. The first kappa shape index (κ1) is 22.3. The number of anilines is 1. The van der Waals surface area contributed by atoms with E-state index >= 15 is 0 Å². The van der Waals surface area contributed by atoms with E-state index in [1.165, 1.54) is 0 Å². The van der Waals surface area contributed by atoms with E-state index in [0.29, 0.717) is 17.2 Å². The summed E-state index contributed by atoms with van der Waals surface area (Å²) in [5, 5.41) is 19.9. The molecule has 0 radical (unpaired) electrons. The lowest BCUT2D eigenvalue weighted by Crippen LogP contribution is -1.93. The maximum atomic E-state index is 10.4. The highest BCUT2D eigenvalue weighted by Gasteiger charge is 2.10. The van der Waals surface area contributed by atoms with Gasteiger partial charge in [-0.2, -0.15) is 0 Å². The van der Waals surface area contributed by atoms with Gasteiger partial charge in [-0.05, 0) is 49.2 Å². The lowest BCUT2D eigenvalue weighted by atomic mass is 10.2. The minimum Gasteiger partial charge on any atom is -0.508 e. The molecule has 0 aromatic heterocycles. The van der Waals surface area contributed by atoms with Gasteiger partial charge in [-0.15, -0.1) is 0 Å². The van der Waals surface area contributed by atoms with Gasteiger partial charge in [0, 0.05) is 5.69 Å². The van der Waals surface area contributed by atoms with Crippen molar-refractivity contribution >= 4 is 13.4 Å².